The number of aryl methyl sites for hydroxylation is 1. The van der Waals surface area contributed by atoms with Crippen molar-refractivity contribution in [2.24, 2.45) is 23.2 Å². The Morgan fingerprint density at radius 3 is 0.933 bits per heavy atom. The van der Waals surface area contributed by atoms with Crippen molar-refractivity contribution in [2.75, 3.05) is 317 Å². The molecule has 0 spiro atoms. The second kappa shape index (κ2) is 83.2. The van der Waals surface area contributed by atoms with Crippen LogP contribution < -0.4 is 5.32 Å². The third-order valence-electron chi connectivity index (χ3n) is 19.5. The number of aromatic nitrogens is 3. The van der Waals surface area contributed by atoms with E-state index in [1.807, 2.05) is 4.68 Å². The molecule has 1 aromatic heterocycles. The van der Waals surface area contributed by atoms with Crippen molar-refractivity contribution in [1.82, 2.24) is 20.3 Å². The third-order valence-corrected chi connectivity index (χ3v) is 19.5. The first-order valence-electron chi connectivity index (χ1n) is 44.2. The maximum atomic E-state index is 13.6. The van der Waals surface area contributed by atoms with Gasteiger partial charge in [0.15, 0.2) is 0 Å². The van der Waals surface area contributed by atoms with Gasteiger partial charge in [-0.1, -0.05) is 88.7 Å². The van der Waals surface area contributed by atoms with E-state index >= 15 is 0 Å². The largest absolute Gasteiger partial charge is 0.481 e. The van der Waals surface area contributed by atoms with Crippen LogP contribution in [0.15, 0.2) is 0 Å². The lowest BCUT2D eigenvalue weighted by Crippen LogP contribution is -2.47. The van der Waals surface area contributed by atoms with E-state index in [-0.39, 0.29) is 25.5 Å². The van der Waals surface area contributed by atoms with Gasteiger partial charge in [0.1, 0.15) is 5.41 Å². The zero-order valence-electron chi connectivity index (χ0n) is 72.4. The Balaban J connectivity index is 0.899. The van der Waals surface area contributed by atoms with Crippen LogP contribution >= 0.6 is 0 Å². The van der Waals surface area contributed by atoms with Gasteiger partial charge in [-0.2, -0.15) is 0 Å². The molecule has 0 radical (unpaired) electrons. The molecule has 0 saturated heterocycles. The van der Waals surface area contributed by atoms with Gasteiger partial charge in [-0.15, -0.1) is 17.4 Å². The molecule has 34 heteroatoms. The average Bonchev–Trinajstić information content (AvgIpc) is 1.62. The van der Waals surface area contributed by atoms with Gasteiger partial charge in [-0.3, -0.25) is 19.2 Å². The number of amides is 1. The molecule has 2 aliphatic carbocycles. The maximum absolute atomic E-state index is 13.6. The molecule has 3 N–H and O–H groups in total. The zero-order valence-corrected chi connectivity index (χ0v) is 72.4. The van der Waals surface area contributed by atoms with Crippen molar-refractivity contribution in [3.8, 4) is 12.3 Å². The van der Waals surface area contributed by atoms with Gasteiger partial charge in [0, 0.05) is 26.3 Å². The lowest BCUT2D eigenvalue weighted by molar-refractivity contribution is -0.157. The van der Waals surface area contributed by atoms with E-state index in [9.17, 15) is 24.3 Å². The fourth-order valence-corrected chi connectivity index (χ4v) is 12.9. The Labute approximate surface area is 709 Å². The number of nitrogens with zero attached hydrogens (tertiary/aromatic N) is 3. The summed E-state index contributed by atoms with van der Waals surface area (Å²) in [6.07, 6.45) is 24.9. The van der Waals surface area contributed by atoms with E-state index in [4.69, 9.17) is 125 Å². The highest BCUT2D eigenvalue weighted by Gasteiger charge is 2.50. The average molecular weight is 1710 g/mol. The molecule has 1 saturated carbocycles. The predicted octanol–water partition coefficient (Wildman–Crippen LogP) is 7.28. The van der Waals surface area contributed by atoms with Gasteiger partial charge in [-0.25, -0.2) is 4.68 Å². The predicted molar refractivity (Wildman–Crippen MR) is 440 cm³/mol. The van der Waals surface area contributed by atoms with Gasteiger partial charge in [0.2, 0.25) is 5.91 Å². The second-order valence-corrected chi connectivity index (χ2v) is 28.7. The number of nitrogens with one attached hydrogen (secondary N) is 1. The highest BCUT2D eigenvalue weighted by Crippen LogP contribution is 2.53. The van der Waals surface area contributed by atoms with Crippen molar-refractivity contribution < 1.29 is 143 Å². The number of fused-ring (bicyclic) bond motifs is 2. The number of hydrogen-bond donors (Lipinski definition) is 3. The molecule has 4 atom stereocenters. The number of carboxylic acids is 2. The monoisotopic (exact) mass is 1710 g/mol. The van der Waals surface area contributed by atoms with Crippen LogP contribution in [-0.2, 0) is 152 Å². The summed E-state index contributed by atoms with van der Waals surface area (Å²) in [6, 6.07) is 0. The molecular formula is C85H154N4O30. The van der Waals surface area contributed by atoms with Crippen LogP contribution in [0.3, 0.4) is 0 Å². The summed E-state index contributed by atoms with van der Waals surface area (Å²) >= 11 is 0. The van der Waals surface area contributed by atoms with Gasteiger partial charge < -0.3 is 129 Å². The van der Waals surface area contributed by atoms with Crippen molar-refractivity contribution in [3.63, 3.8) is 0 Å². The van der Waals surface area contributed by atoms with Crippen molar-refractivity contribution in [3.05, 3.63) is 11.4 Å². The van der Waals surface area contributed by atoms with E-state index in [1.54, 1.807) is 0 Å². The summed E-state index contributed by atoms with van der Waals surface area (Å²) in [7, 11) is 0. The number of rotatable bonds is 96. The molecule has 0 bridgehead atoms. The highest BCUT2D eigenvalue weighted by molar-refractivity contribution is 6.01. The molecular weight excluding hydrogens is 1560 g/mol. The molecule has 1 amide bonds. The first-order valence-corrected chi connectivity index (χ1v) is 44.2. The number of carbonyl (C=O) groups excluding carboxylic acids is 2. The zero-order chi connectivity index (χ0) is 85.0. The van der Waals surface area contributed by atoms with E-state index in [2.05, 4.69) is 21.5 Å². The van der Waals surface area contributed by atoms with Crippen LogP contribution in [0.5, 0.6) is 0 Å². The normalized spacial score (nSPS) is 15.0. The van der Waals surface area contributed by atoms with Crippen molar-refractivity contribution in [2.45, 2.75) is 161 Å². The Hall–Kier alpha value is -4.34. The van der Waals surface area contributed by atoms with Crippen LogP contribution in [-0.4, -0.2) is 366 Å². The topological polar surface area (TPSA) is 373 Å². The fourth-order valence-electron chi connectivity index (χ4n) is 12.9. The molecule has 34 nitrogen and oxygen atoms in total. The number of carbonyl (C=O) groups is 4. The first kappa shape index (κ1) is 109. The van der Waals surface area contributed by atoms with Crippen LogP contribution in [0.4, 0.5) is 0 Å². The van der Waals surface area contributed by atoms with Crippen LogP contribution in [0, 0.1) is 35.5 Å². The van der Waals surface area contributed by atoms with Crippen LogP contribution in [0.1, 0.15) is 153 Å². The number of aliphatic carboxylic acids is 2. The summed E-state index contributed by atoms with van der Waals surface area (Å²) < 4.78 is 136. The second-order valence-electron chi connectivity index (χ2n) is 28.7. The number of terminal acetylenes is 1. The molecule has 1 unspecified atom stereocenters. The third kappa shape index (κ3) is 65.9. The van der Waals surface area contributed by atoms with Gasteiger partial charge in [-0.05, 0) is 69.1 Å². The van der Waals surface area contributed by atoms with Crippen LogP contribution in [0.2, 0.25) is 0 Å². The minimum Gasteiger partial charge on any atom is -0.481 e. The smallest absolute Gasteiger partial charge is 0.319 e. The van der Waals surface area contributed by atoms with Crippen LogP contribution in [0.25, 0.3) is 0 Å². The van der Waals surface area contributed by atoms with E-state index in [0.29, 0.717) is 360 Å². The molecule has 1 heterocycles. The molecule has 0 aliphatic heterocycles. The molecule has 1 aromatic rings. The number of unbranched alkanes of at least 4 members (excludes halogenated alkanes) is 14. The number of ether oxygens (including phenoxy) is 24. The standard InChI is InChI=1S/C85H154N4O30/c1-3-4-5-6-7-9-12-15-18-25-85(84(94)95,26-19-16-13-10-8-11-14-17-20-82(91)92)83(93)86-27-29-96-31-33-98-35-37-100-39-41-102-43-45-104-47-49-106-51-53-108-55-57-110-59-61-112-63-65-114-67-69-116-71-73-118-74-72-117-70-68-115-66-64-113-62-60-111-58-56-109-54-52-107-50-48-105-46-44-103-42-40-101-38-36-99-34-32-97-30-28-89-81-24-22-78-77(21-23-80(81)87-88-89)79(78)75-119-76(2)90/h1,77-79H,4-75H2,2H3,(H,86,93)(H,91,92)(H,94,95)/t77-,78+,79-,85?/m1/s1. The molecule has 694 valence electrons. The summed E-state index contributed by atoms with van der Waals surface area (Å²) in [5, 5.41) is 31.0. The summed E-state index contributed by atoms with van der Waals surface area (Å²) in [4.78, 5) is 48.3. The van der Waals surface area contributed by atoms with Gasteiger partial charge in [0.05, 0.1) is 328 Å². The summed E-state index contributed by atoms with van der Waals surface area (Å²) in [6.45, 7) is 23.8. The van der Waals surface area contributed by atoms with Crippen molar-refractivity contribution >= 4 is 23.8 Å². The van der Waals surface area contributed by atoms with E-state index in [0.717, 1.165) is 115 Å². The maximum Gasteiger partial charge on any atom is 0.319 e. The first-order chi connectivity index (χ1) is 58.7. The van der Waals surface area contributed by atoms with E-state index in [1.165, 1.54) is 12.6 Å². The lowest BCUT2D eigenvalue weighted by Gasteiger charge is -2.28. The fraction of sp³-hybridized carbons (Fsp3) is 0.906. The SMILES string of the molecule is C#CCCCCCCCCCC(CCCCCCCCCCC(=O)O)(C(=O)O)C(=O)NCCOCCOCCOCCOCCOCCOCCOCCOCCOCCOCCOCCOCCOCCOCCOCCOCCOCCOCCOCCOCCOCCOCCOCCn1nnc2c1CC[C@H]1[C@@H](CC2)[C@H]1COC(C)=O. The van der Waals surface area contributed by atoms with E-state index < -0.39 is 23.3 Å². The molecule has 119 heavy (non-hydrogen) atoms. The Bertz CT molecular complexity index is 2490. The molecule has 2 aliphatic rings. The van der Waals surface area contributed by atoms with Gasteiger partial charge >= 0.3 is 17.9 Å². The highest BCUT2D eigenvalue weighted by atomic mass is 16.6. The molecule has 0 aromatic carbocycles. The van der Waals surface area contributed by atoms with Gasteiger partial charge in [0.25, 0.3) is 0 Å². The Morgan fingerprint density at radius 2 is 0.647 bits per heavy atom. The number of carboxylic acid groups (broad SMARTS) is 2. The molecule has 3 rings (SSSR count). The lowest BCUT2D eigenvalue weighted by atomic mass is 9.76. The number of esters is 1. The minimum atomic E-state index is -1.48. The number of hydrogen-bond acceptors (Lipinski definition) is 30. The quantitative estimate of drug-likeness (QED) is 0.0249. The molecule has 1 fully saturated rings. The van der Waals surface area contributed by atoms with Crippen molar-refractivity contribution in [1.29, 1.82) is 0 Å². The summed E-state index contributed by atoms with van der Waals surface area (Å²) in [5.74, 6) is 1.92. The Kier molecular flexibility index (Phi) is 76.1. The Morgan fingerprint density at radius 1 is 0.378 bits per heavy atom. The summed E-state index contributed by atoms with van der Waals surface area (Å²) in [5.41, 5.74) is 0.820. The minimum absolute atomic E-state index is 0.203.